The number of benzene rings is 2. The number of rotatable bonds is 5. The summed E-state index contributed by atoms with van der Waals surface area (Å²) >= 11 is 11.8. The van der Waals surface area contributed by atoms with Gasteiger partial charge >= 0.3 is 0 Å². The van der Waals surface area contributed by atoms with Crippen molar-refractivity contribution in [1.82, 2.24) is 14.5 Å². The molecule has 0 amide bonds. The molecule has 26 heavy (non-hydrogen) atoms. The van der Waals surface area contributed by atoms with Crippen LogP contribution in [0.15, 0.2) is 53.4 Å². The van der Waals surface area contributed by atoms with E-state index in [1.807, 2.05) is 44.2 Å². The fourth-order valence-corrected chi connectivity index (χ4v) is 4.03. The molecule has 0 unspecified atom stereocenters. The Morgan fingerprint density at radius 2 is 1.73 bits per heavy atom. The average Bonchev–Trinajstić information content (AvgIpc) is 2.90. The number of sulfonamides is 1. The molecule has 0 aliphatic carbocycles. The van der Waals surface area contributed by atoms with Crippen LogP contribution in [0, 0.1) is 13.8 Å². The van der Waals surface area contributed by atoms with Crippen LogP contribution in [-0.2, 0) is 16.6 Å². The summed E-state index contributed by atoms with van der Waals surface area (Å²) < 4.78 is 29.5. The predicted octanol–water partition coefficient (Wildman–Crippen LogP) is 4.27. The summed E-state index contributed by atoms with van der Waals surface area (Å²) in [6.07, 6.45) is 0. The lowest BCUT2D eigenvalue weighted by Crippen LogP contribution is -2.23. The SMILES string of the molecule is Cc1nn(-c2ccccc2)c(C)c1CNS(=O)(=O)c1ccc(Cl)c(Cl)c1. The molecular weight excluding hydrogens is 393 g/mol. The van der Waals surface area contributed by atoms with Crippen molar-refractivity contribution >= 4 is 33.2 Å². The summed E-state index contributed by atoms with van der Waals surface area (Å²) in [5.74, 6) is 0. The van der Waals surface area contributed by atoms with E-state index in [0.717, 1.165) is 22.6 Å². The average molecular weight is 410 g/mol. The summed E-state index contributed by atoms with van der Waals surface area (Å²) in [5, 5.41) is 5.02. The van der Waals surface area contributed by atoms with Gasteiger partial charge in [-0.05, 0) is 44.2 Å². The number of aryl methyl sites for hydroxylation is 1. The second-order valence-corrected chi connectivity index (χ2v) is 8.38. The van der Waals surface area contributed by atoms with Gasteiger partial charge in [0, 0.05) is 17.8 Å². The summed E-state index contributed by atoms with van der Waals surface area (Å²) in [6.45, 7) is 3.90. The van der Waals surface area contributed by atoms with Crippen LogP contribution in [0.5, 0.6) is 0 Å². The van der Waals surface area contributed by atoms with Gasteiger partial charge in [-0.2, -0.15) is 5.10 Å². The first-order chi connectivity index (χ1) is 12.3. The van der Waals surface area contributed by atoms with Crippen molar-refractivity contribution in [2.75, 3.05) is 0 Å². The van der Waals surface area contributed by atoms with Crippen molar-refractivity contribution in [3.63, 3.8) is 0 Å². The molecule has 0 fully saturated rings. The number of halogens is 2. The fraction of sp³-hybridized carbons (Fsp3) is 0.167. The second kappa shape index (κ2) is 7.40. The van der Waals surface area contributed by atoms with Crippen molar-refractivity contribution in [3.8, 4) is 5.69 Å². The summed E-state index contributed by atoms with van der Waals surface area (Å²) in [4.78, 5) is 0.0673. The minimum absolute atomic E-state index is 0.0673. The lowest BCUT2D eigenvalue weighted by Gasteiger charge is -2.09. The van der Waals surface area contributed by atoms with Gasteiger partial charge in [0.05, 0.1) is 26.3 Å². The molecule has 1 aromatic heterocycles. The highest BCUT2D eigenvalue weighted by Crippen LogP contribution is 2.25. The van der Waals surface area contributed by atoms with E-state index >= 15 is 0 Å². The van der Waals surface area contributed by atoms with E-state index in [1.165, 1.54) is 18.2 Å². The Hall–Kier alpha value is -1.86. The molecule has 0 saturated carbocycles. The summed E-state index contributed by atoms with van der Waals surface area (Å²) in [7, 11) is -3.72. The number of aromatic nitrogens is 2. The van der Waals surface area contributed by atoms with Gasteiger partial charge in [-0.1, -0.05) is 41.4 Å². The Labute approximate surface area is 162 Å². The molecule has 1 N–H and O–H groups in total. The maximum absolute atomic E-state index is 12.5. The van der Waals surface area contributed by atoms with Crippen LogP contribution in [0.2, 0.25) is 10.0 Å². The van der Waals surface area contributed by atoms with Crippen molar-refractivity contribution in [2.45, 2.75) is 25.3 Å². The van der Waals surface area contributed by atoms with Crippen LogP contribution in [0.25, 0.3) is 5.69 Å². The minimum atomic E-state index is -3.72. The van der Waals surface area contributed by atoms with Crippen molar-refractivity contribution in [3.05, 3.63) is 75.5 Å². The molecule has 0 aliphatic rings. The Morgan fingerprint density at radius 1 is 1.04 bits per heavy atom. The first-order valence-electron chi connectivity index (χ1n) is 7.85. The first-order valence-corrected chi connectivity index (χ1v) is 10.1. The Balaban J connectivity index is 1.86. The number of nitrogens with one attached hydrogen (secondary N) is 1. The topological polar surface area (TPSA) is 64.0 Å². The normalized spacial score (nSPS) is 11.7. The highest BCUT2D eigenvalue weighted by Gasteiger charge is 2.18. The van der Waals surface area contributed by atoms with Crippen LogP contribution < -0.4 is 4.72 Å². The van der Waals surface area contributed by atoms with Crippen molar-refractivity contribution < 1.29 is 8.42 Å². The van der Waals surface area contributed by atoms with Gasteiger partial charge in [0.15, 0.2) is 0 Å². The second-order valence-electron chi connectivity index (χ2n) is 5.80. The molecule has 5 nitrogen and oxygen atoms in total. The van der Waals surface area contributed by atoms with Crippen LogP contribution >= 0.6 is 23.2 Å². The zero-order chi connectivity index (χ0) is 18.9. The Morgan fingerprint density at radius 3 is 2.38 bits per heavy atom. The largest absolute Gasteiger partial charge is 0.240 e. The van der Waals surface area contributed by atoms with E-state index in [0.29, 0.717) is 5.02 Å². The quantitative estimate of drug-likeness (QED) is 0.683. The molecule has 3 aromatic rings. The smallest absolute Gasteiger partial charge is 0.238 e. The van der Waals surface area contributed by atoms with Crippen molar-refractivity contribution in [1.29, 1.82) is 0 Å². The number of nitrogens with zero attached hydrogens (tertiary/aromatic N) is 2. The lowest BCUT2D eigenvalue weighted by molar-refractivity contribution is 0.581. The van der Waals surface area contributed by atoms with Gasteiger partial charge in [0.2, 0.25) is 10.0 Å². The van der Waals surface area contributed by atoms with E-state index in [1.54, 1.807) is 4.68 Å². The van der Waals surface area contributed by atoms with Crippen LogP contribution in [0.4, 0.5) is 0 Å². The molecule has 0 aliphatic heterocycles. The third-order valence-electron chi connectivity index (χ3n) is 4.08. The van der Waals surface area contributed by atoms with Gasteiger partial charge in [0.25, 0.3) is 0 Å². The molecular formula is C18H17Cl2N3O2S. The highest BCUT2D eigenvalue weighted by molar-refractivity contribution is 7.89. The van der Waals surface area contributed by atoms with Crippen molar-refractivity contribution in [2.24, 2.45) is 0 Å². The molecule has 0 atom stereocenters. The lowest BCUT2D eigenvalue weighted by atomic mass is 10.2. The molecule has 0 radical (unpaired) electrons. The van der Waals surface area contributed by atoms with E-state index in [2.05, 4.69) is 9.82 Å². The molecule has 0 saturated heterocycles. The van der Waals surface area contributed by atoms with Crippen LogP contribution in [0.1, 0.15) is 17.0 Å². The maximum Gasteiger partial charge on any atom is 0.240 e. The molecule has 0 spiro atoms. The van der Waals surface area contributed by atoms with E-state index in [9.17, 15) is 8.42 Å². The van der Waals surface area contributed by atoms with E-state index in [-0.39, 0.29) is 16.5 Å². The monoisotopic (exact) mass is 409 g/mol. The van der Waals surface area contributed by atoms with Gasteiger partial charge < -0.3 is 0 Å². The maximum atomic E-state index is 12.5. The third-order valence-corrected chi connectivity index (χ3v) is 6.22. The standard InChI is InChI=1S/C18H17Cl2N3O2S/c1-12-16(13(2)23(22-12)14-6-4-3-5-7-14)11-21-26(24,25)15-8-9-17(19)18(20)10-15/h3-10,21H,11H2,1-2H3. The van der Waals surface area contributed by atoms with Crippen LogP contribution in [0.3, 0.4) is 0 Å². The van der Waals surface area contributed by atoms with E-state index < -0.39 is 10.0 Å². The number of hydrogen-bond acceptors (Lipinski definition) is 3. The molecule has 0 bridgehead atoms. The van der Waals surface area contributed by atoms with E-state index in [4.69, 9.17) is 23.2 Å². The summed E-state index contributed by atoms with van der Waals surface area (Å²) in [6, 6.07) is 13.9. The van der Waals surface area contributed by atoms with Gasteiger partial charge in [-0.25, -0.2) is 17.8 Å². The zero-order valence-corrected chi connectivity index (χ0v) is 16.5. The Bertz CT molecular complexity index is 1050. The molecule has 3 rings (SSSR count). The number of para-hydroxylation sites is 1. The summed E-state index contributed by atoms with van der Waals surface area (Å²) in [5.41, 5.74) is 3.40. The predicted molar refractivity (Wildman–Crippen MR) is 104 cm³/mol. The Kier molecular flexibility index (Phi) is 5.39. The number of hydrogen-bond donors (Lipinski definition) is 1. The van der Waals surface area contributed by atoms with Gasteiger partial charge in [-0.15, -0.1) is 0 Å². The van der Waals surface area contributed by atoms with Gasteiger partial charge in [0.1, 0.15) is 0 Å². The molecule has 1 heterocycles. The third kappa shape index (κ3) is 3.78. The molecule has 136 valence electrons. The minimum Gasteiger partial charge on any atom is -0.238 e. The zero-order valence-electron chi connectivity index (χ0n) is 14.2. The van der Waals surface area contributed by atoms with Gasteiger partial charge in [-0.3, -0.25) is 0 Å². The molecule has 8 heteroatoms. The first kappa shape index (κ1) is 18.9. The molecule has 2 aromatic carbocycles. The van der Waals surface area contributed by atoms with Crippen LogP contribution in [-0.4, -0.2) is 18.2 Å². The highest BCUT2D eigenvalue weighted by atomic mass is 35.5. The fourth-order valence-electron chi connectivity index (χ4n) is 2.65.